The molecule has 1 fully saturated rings. The van der Waals surface area contributed by atoms with Crippen molar-refractivity contribution in [1.82, 2.24) is 15.0 Å². The molecule has 0 aliphatic carbocycles. The van der Waals surface area contributed by atoms with E-state index >= 15 is 0 Å². The van der Waals surface area contributed by atoms with Crippen LogP contribution < -0.4 is 15.5 Å². The number of hydrogen-bond donors (Lipinski definition) is 2. The Morgan fingerprint density at radius 2 is 1.91 bits per heavy atom. The van der Waals surface area contributed by atoms with Gasteiger partial charge in [0, 0.05) is 28.9 Å². The lowest BCUT2D eigenvalue weighted by Gasteiger charge is -2.27. The lowest BCUT2D eigenvalue weighted by atomic mass is 10.2. The monoisotopic (exact) mass is 514 g/mol. The molecule has 2 N–H and O–H groups in total. The maximum Gasteiger partial charge on any atom is 0.234 e. The molecule has 4 rings (SSSR count). The van der Waals surface area contributed by atoms with Crippen LogP contribution in [0.4, 0.5) is 23.3 Å². The molecule has 0 atom stereocenters. The Morgan fingerprint density at radius 3 is 2.66 bits per heavy atom. The second-order valence-electron chi connectivity index (χ2n) is 7.13. The van der Waals surface area contributed by atoms with Crippen LogP contribution in [-0.4, -0.2) is 52.9 Å². The summed E-state index contributed by atoms with van der Waals surface area (Å²) in [5.74, 6) is 1.09. The highest BCUT2D eigenvalue weighted by molar-refractivity contribution is 9.10. The molecule has 0 bridgehead atoms. The van der Waals surface area contributed by atoms with E-state index in [2.05, 4.69) is 46.4 Å². The van der Waals surface area contributed by atoms with Gasteiger partial charge in [-0.15, -0.1) is 0 Å². The smallest absolute Gasteiger partial charge is 0.234 e. The number of anilines is 4. The van der Waals surface area contributed by atoms with Gasteiger partial charge >= 0.3 is 0 Å². The van der Waals surface area contributed by atoms with Gasteiger partial charge in [0.05, 0.1) is 19.0 Å². The summed E-state index contributed by atoms with van der Waals surface area (Å²) in [7, 11) is 0. The van der Waals surface area contributed by atoms with Gasteiger partial charge in [-0.05, 0) is 42.8 Å². The molecule has 10 heteroatoms. The maximum absolute atomic E-state index is 12.5. The third-order valence-corrected chi connectivity index (χ3v) is 6.06. The Kier molecular flexibility index (Phi) is 7.56. The first-order valence-corrected chi connectivity index (χ1v) is 11.9. The van der Waals surface area contributed by atoms with Gasteiger partial charge in [0.15, 0.2) is 5.16 Å². The summed E-state index contributed by atoms with van der Waals surface area (Å²) < 4.78 is 6.41. The van der Waals surface area contributed by atoms with Crippen LogP contribution in [0.1, 0.15) is 5.56 Å². The summed E-state index contributed by atoms with van der Waals surface area (Å²) in [4.78, 5) is 28.3. The molecular weight excluding hydrogens is 492 g/mol. The molecule has 2 heterocycles. The molecule has 0 radical (unpaired) electrons. The van der Waals surface area contributed by atoms with E-state index in [1.165, 1.54) is 11.8 Å². The summed E-state index contributed by atoms with van der Waals surface area (Å²) in [6.45, 7) is 4.63. The first-order chi connectivity index (χ1) is 15.6. The van der Waals surface area contributed by atoms with Crippen molar-refractivity contribution in [2.75, 3.05) is 47.6 Å². The van der Waals surface area contributed by atoms with Crippen LogP contribution in [-0.2, 0) is 9.53 Å². The van der Waals surface area contributed by atoms with Gasteiger partial charge in [-0.1, -0.05) is 45.9 Å². The Morgan fingerprint density at radius 1 is 1.12 bits per heavy atom. The van der Waals surface area contributed by atoms with Gasteiger partial charge in [0.25, 0.3) is 0 Å². The van der Waals surface area contributed by atoms with Crippen molar-refractivity contribution in [3.8, 4) is 0 Å². The number of nitrogens with one attached hydrogen (secondary N) is 2. The summed E-state index contributed by atoms with van der Waals surface area (Å²) >= 11 is 4.71. The Balaban J connectivity index is 1.48. The molecule has 3 aromatic rings. The lowest BCUT2D eigenvalue weighted by molar-refractivity contribution is -0.113. The molecule has 166 valence electrons. The van der Waals surface area contributed by atoms with E-state index in [9.17, 15) is 4.79 Å². The van der Waals surface area contributed by atoms with Crippen molar-refractivity contribution >= 4 is 56.9 Å². The van der Waals surface area contributed by atoms with Crippen molar-refractivity contribution < 1.29 is 9.53 Å². The van der Waals surface area contributed by atoms with Gasteiger partial charge < -0.3 is 20.3 Å². The van der Waals surface area contributed by atoms with E-state index in [1.807, 2.05) is 55.5 Å². The topological polar surface area (TPSA) is 92.3 Å². The first-order valence-electron chi connectivity index (χ1n) is 10.2. The number of benzene rings is 2. The zero-order valence-electron chi connectivity index (χ0n) is 17.5. The fourth-order valence-electron chi connectivity index (χ4n) is 3.11. The molecule has 0 spiro atoms. The third kappa shape index (κ3) is 6.18. The number of amides is 1. The molecule has 0 saturated carbocycles. The van der Waals surface area contributed by atoms with Crippen LogP contribution in [0.15, 0.2) is 58.2 Å². The predicted octanol–water partition coefficient (Wildman–Crippen LogP) is 4.25. The van der Waals surface area contributed by atoms with Crippen LogP contribution in [0, 0.1) is 6.92 Å². The van der Waals surface area contributed by atoms with Crippen LogP contribution in [0.2, 0.25) is 0 Å². The standard InChI is InChI=1S/C22H23BrN6O2S/c1-15-13-16(23)7-8-18(15)25-19(30)14-32-22-27-20(24-17-5-3-2-4-6-17)26-21(28-22)29-9-11-31-12-10-29/h2-8,13H,9-12,14H2,1H3,(H,25,30)(H,24,26,27,28). The second kappa shape index (κ2) is 10.8. The maximum atomic E-state index is 12.5. The number of rotatable bonds is 7. The molecule has 1 aliphatic rings. The second-order valence-corrected chi connectivity index (χ2v) is 8.99. The molecule has 1 amide bonds. The van der Waals surface area contributed by atoms with Crippen LogP contribution in [0.5, 0.6) is 0 Å². The average molecular weight is 515 g/mol. The van der Waals surface area contributed by atoms with Crippen LogP contribution in [0.3, 0.4) is 0 Å². The van der Waals surface area contributed by atoms with Gasteiger partial charge in [-0.25, -0.2) is 0 Å². The predicted molar refractivity (Wildman–Crippen MR) is 131 cm³/mol. The number of thioether (sulfide) groups is 1. The average Bonchev–Trinajstić information content (AvgIpc) is 2.81. The lowest BCUT2D eigenvalue weighted by Crippen LogP contribution is -2.37. The van der Waals surface area contributed by atoms with Crippen molar-refractivity contribution in [2.24, 2.45) is 0 Å². The molecule has 1 aliphatic heterocycles. The van der Waals surface area contributed by atoms with E-state index in [0.29, 0.717) is 43.4 Å². The zero-order chi connectivity index (χ0) is 22.3. The van der Waals surface area contributed by atoms with E-state index in [4.69, 9.17) is 4.74 Å². The van der Waals surface area contributed by atoms with E-state index in [0.717, 1.165) is 21.4 Å². The van der Waals surface area contributed by atoms with E-state index < -0.39 is 0 Å². The van der Waals surface area contributed by atoms with E-state index in [1.54, 1.807) is 0 Å². The van der Waals surface area contributed by atoms with Gasteiger partial charge in [0.1, 0.15) is 0 Å². The zero-order valence-corrected chi connectivity index (χ0v) is 19.9. The molecule has 32 heavy (non-hydrogen) atoms. The normalized spacial score (nSPS) is 13.6. The Bertz CT molecular complexity index is 1080. The molecule has 1 aromatic heterocycles. The van der Waals surface area contributed by atoms with Crippen molar-refractivity contribution in [3.05, 3.63) is 58.6 Å². The minimum Gasteiger partial charge on any atom is -0.378 e. The number of morpholine rings is 1. The Hall–Kier alpha value is -2.69. The summed E-state index contributed by atoms with van der Waals surface area (Å²) in [5, 5.41) is 6.66. The number of halogens is 1. The molecule has 1 saturated heterocycles. The van der Waals surface area contributed by atoms with Gasteiger partial charge in [-0.2, -0.15) is 15.0 Å². The highest BCUT2D eigenvalue weighted by atomic mass is 79.9. The van der Waals surface area contributed by atoms with Crippen LogP contribution in [0.25, 0.3) is 0 Å². The first kappa shape index (κ1) is 22.5. The number of hydrogen-bond acceptors (Lipinski definition) is 8. The largest absolute Gasteiger partial charge is 0.378 e. The minimum absolute atomic E-state index is 0.119. The third-order valence-electron chi connectivity index (χ3n) is 4.72. The number of aromatic nitrogens is 3. The van der Waals surface area contributed by atoms with Crippen molar-refractivity contribution in [3.63, 3.8) is 0 Å². The number of aryl methyl sites for hydroxylation is 1. The molecular formula is C22H23BrN6O2S. The van der Waals surface area contributed by atoms with Gasteiger partial charge in [-0.3, -0.25) is 4.79 Å². The fraction of sp³-hybridized carbons (Fsp3) is 0.273. The minimum atomic E-state index is -0.119. The number of ether oxygens (including phenoxy) is 1. The summed E-state index contributed by atoms with van der Waals surface area (Å²) in [6.07, 6.45) is 0. The summed E-state index contributed by atoms with van der Waals surface area (Å²) in [5.41, 5.74) is 2.66. The highest BCUT2D eigenvalue weighted by Crippen LogP contribution is 2.23. The number of nitrogens with zero attached hydrogens (tertiary/aromatic N) is 4. The quantitative estimate of drug-likeness (QED) is 0.452. The molecule has 8 nitrogen and oxygen atoms in total. The fourth-order valence-corrected chi connectivity index (χ4v) is 4.21. The van der Waals surface area contributed by atoms with Gasteiger partial charge in [0.2, 0.25) is 17.8 Å². The molecule has 0 unspecified atom stereocenters. The van der Waals surface area contributed by atoms with Crippen molar-refractivity contribution in [2.45, 2.75) is 12.1 Å². The SMILES string of the molecule is Cc1cc(Br)ccc1NC(=O)CSc1nc(Nc2ccccc2)nc(N2CCOCC2)n1. The number of carbonyl (C=O) groups is 1. The summed E-state index contributed by atoms with van der Waals surface area (Å²) in [6, 6.07) is 15.5. The molecule has 2 aromatic carbocycles. The number of carbonyl (C=O) groups excluding carboxylic acids is 1. The van der Waals surface area contributed by atoms with Crippen LogP contribution >= 0.6 is 27.7 Å². The number of para-hydroxylation sites is 1. The van der Waals surface area contributed by atoms with Crippen molar-refractivity contribution in [1.29, 1.82) is 0 Å². The van der Waals surface area contributed by atoms with E-state index in [-0.39, 0.29) is 11.7 Å². The Labute approximate surface area is 199 Å². The highest BCUT2D eigenvalue weighted by Gasteiger charge is 2.18.